The number of hydrogen-bond acceptors (Lipinski definition) is 2. The third-order valence-electron chi connectivity index (χ3n) is 2.71. The Kier molecular flexibility index (Phi) is 2.62. The van der Waals surface area contributed by atoms with E-state index < -0.39 is 0 Å². The Morgan fingerprint density at radius 1 is 1.53 bits per heavy atom. The van der Waals surface area contributed by atoms with Crippen LogP contribution < -0.4 is 5.32 Å². The Morgan fingerprint density at radius 2 is 2.27 bits per heavy atom. The summed E-state index contributed by atoms with van der Waals surface area (Å²) < 4.78 is 0. The van der Waals surface area contributed by atoms with Gasteiger partial charge in [-0.3, -0.25) is 4.79 Å². The summed E-state index contributed by atoms with van der Waals surface area (Å²) in [5, 5.41) is 12.2. The molecule has 2 rings (SSSR count). The van der Waals surface area contributed by atoms with E-state index in [1.165, 1.54) is 12.8 Å². The molecule has 1 saturated carbocycles. The average Bonchev–Trinajstić information content (AvgIpc) is 3.02. The Balaban J connectivity index is 2.00. The normalized spacial score (nSPS) is 15.0. The van der Waals surface area contributed by atoms with Gasteiger partial charge in [-0.15, -0.1) is 0 Å². The number of nitrogens with one attached hydrogen (secondary N) is 1. The highest BCUT2D eigenvalue weighted by molar-refractivity contribution is 5.94. The van der Waals surface area contributed by atoms with Crippen LogP contribution in [0.15, 0.2) is 18.2 Å². The van der Waals surface area contributed by atoms with Crippen molar-refractivity contribution in [2.45, 2.75) is 19.8 Å². The minimum absolute atomic E-state index is 0.0509. The molecule has 0 bridgehead atoms. The van der Waals surface area contributed by atoms with E-state index in [0.717, 1.165) is 12.1 Å². The van der Waals surface area contributed by atoms with Gasteiger partial charge in [-0.1, -0.05) is 0 Å². The molecule has 0 unspecified atom stereocenters. The molecule has 80 valence electrons. The minimum Gasteiger partial charge on any atom is -0.508 e. The number of carbonyl (C=O) groups excluding carboxylic acids is 1. The molecule has 1 aromatic rings. The van der Waals surface area contributed by atoms with Crippen LogP contribution in [0.25, 0.3) is 0 Å². The molecule has 0 aromatic heterocycles. The SMILES string of the molecule is Cc1cc(C(=O)NCC2CC2)ccc1O. The zero-order valence-electron chi connectivity index (χ0n) is 8.79. The fraction of sp³-hybridized carbons (Fsp3) is 0.417. The summed E-state index contributed by atoms with van der Waals surface area (Å²) in [5.74, 6) is 0.867. The lowest BCUT2D eigenvalue weighted by Crippen LogP contribution is -2.25. The molecule has 1 amide bonds. The van der Waals surface area contributed by atoms with Gasteiger partial charge in [0.25, 0.3) is 5.91 Å². The van der Waals surface area contributed by atoms with E-state index in [9.17, 15) is 9.90 Å². The molecule has 0 spiro atoms. The molecule has 0 aliphatic heterocycles. The highest BCUT2D eigenvalue weighted by Crippen LogP contribution is 2.27. The van der Waals surface area contributed by atoms with Crippen molar-refractivity contribution in [3.63, 3.8) is 0 Å². The number of carbonyl (C=O) groups is 1. The molecule has 1 aliphatic carbocycles. The average molecular weight is 205 g/mol. The maximum atomic E-state index is 11.6. The summed E-state index contributed by atoms with van der Waals surface area (Å²) in [4.78, 5) is 11.6. The van der Waals surface area contributed by atoms with Gasteiger partial charge in [0.05, 0.1) is 0 Å². The van der Waals surface area contributed by atoms with Crippen LogP contribution in [0.5, 0.6) is 5.75 Å². The molecule has 2 N–H and O–H groups in total. The first-order valence-corrected chi connectivity index (χ1v) is 5.24. The molecular weight excluding hydrogens is 190 g/mol. The smallest absolute Gasteiger partial charge is 0.251 e. The second kappa shape index (κ2) is 3.93. The number of phenolic OH excluding ortho intramolecular Hbond substituents is 1. The van der Waals surface area contributed by atoms with Crippen molar-refractivity contribution in [3.8, 4) is 5.75 Å². The highest BCUT2D eigenvalue weighted by Gasteiger charge is 2.21. The number of phenols is 1. The molecule has 3 heteroatoms. The van der Waals surface area contributed by atoms with E-state index in [1.807, 2.05) is 0 Å². The first-order valence-electron chi connectivity index (χ1n) is 5.24. The zero-order valence-corrected chi connectivity index (χ0v) is 8.79. The predicted octanol–water partition coefficient (Wildman–Crippen LogP) is 1.84. The van der Waals surface area contributed by atoms with Gasteiger partial charge in [0.2, 0.25) is 0 Å². The Morgan fingerprint density at radius 3 is 2.87 bits per heavy atom. The van der Waals surface area contributed by atoms with Crippen LogP contribution in [-0.4, -0.2) is 17.6 Å². The third kappa shape index (κ3) is 2.49. The van der Waals surface area contributed by atoms with Crippen molar-refractivity contribution in [1.82, 2.24) is 5.32 Å². The summed E-state index contributed by atoms with van der Waals surface area (Å²) in [7, 11) is 0. The summed E-state index contributed by atoms with van der Waals surface area (Å²) in [6, 6.07) is 4.91. The van der Waals surface area contributed by atoms with Gasteiger partial charge in [-0.2, -0.15) is 0 Å². The largest absolute Gasteiger partial charge is 0.508 e. The van der Waals surface area contributed by atoms with Crippen LogP contribution in [0.1, 0.15) is 28.8 Å². The number of benzene rings is 1. The van der Waals surface area contributed by atoms with Gasteiger partial charge in [0.1, 0.15) is 5.75 Å². The lowest BCUT2D eigenvalue weighted by molar-refractivity contribution is 0.0951. The number of rotatable bonds is 3. The topological polar surface area (TPSA) is 49.3 Å². The van der Waals surface area contributed by atoms with E-state index in [0.29, 0.717) is 11.5 Å². The number of aromatic hydroxyl groups is 1. The summed E-state index contributed by atoms with van der Waals surface area (Å²) in [5.41, 5.74) is 1.35. The van der Waals surface area contributed by atoms with Gasteiger partial charge in [-0.25, -0.2) is 0 Å². The fourth-order valence-corrected chi connectivity index (χ4v) is 1.46. The second-order valence-electron chi connectivity index (χ2n) is 4.15. The van der Waals surface area contributed by atoms with Gasteiger partial charge in [-0.05, 0) is 49.4 Å². The maximum absolute atomic E-state index is 11.6. The predicted molar refractivity (Wildman–Crippen MR) is 57.9 cm³/mol. The molecule has 1 aliphatic rings. The Labute approximate surface area is 89.1 Å². The standard InChI is InChI=1S/C12H15NO2/c1-8-6-10(4-5-11(8)14)12(15)13-7-9-2-3-9/h4-6,9,14H,2-3,7H2,1H3,(H,13,15). The molecule has 15 heavy (non-hydrogen) atoms. The first-order chi connectivity index (χ1) is 7.16. The van der Waals surface area contributed by atoms with Crippen LogP contribution in [0.2, 0.25) is 0 Å². The van der Waals surface area contributed by atoms with Crippen LogP contribution in [0, 0.1) is 12.8 Å². The summed E-state index contributed by atoms with van der Waals surface area (Å²) >= 11 is 0. The van der Waals surface area contributed by atoms with Crippen molar-refractivity contribution in [2.24, 2.45) is 5.92 Å². The minimum atomic E-state index is -0.0509. The fourth-order valence-electron chi connectivity index (χ4n) is 1.46. The van der Waals surface area contributed by atoms with E-state index in [2.05, 4.69) is 5.32 Å². The van der Waals surface area contributed by atoms with E-state index >= 15 is 0 Å². The van der Waals surface area contributed by atoms with Gasteiger partial charge >= 0.3 is 0 Å². The Bertz CT molecular complexity index is 383. The van der Waals surface area contributed by atoms with E-state index in [1.54, 1.807) is 25.1 Å². The maximum Gasteiger partial charge on any atom is 0.251 e. The third-order valence-corrected chi connectivity index (χ3v) is 2.71. The van der Waals surface area contributed by atoms with Gasteiger partial charge in [0.15, 0.2) is 0 Å². The zero-order chi connectivity index (χ0) is 10.8. The van der Waals surface area contributed by atoms with Crippen LogP contribution in [0.3, 0.4) is 0 Å². The van der Waals surface area contributed by atoms with Crippen molar-refractivity contribution in [1.29, 1.82) is 0 Å². The van der Waals surface area contributed by atoms with Crippen LogP contribution in [0.4, 0.5) is 0 Å². The van der Waals surface area contributed by atoms with Gasteiger partial charge in [0, 0.05) is 12.1 Å². The number of aryl methyl sites for hydroxylation is 1. The molecule has 0 radical (unpaired) electrons. The van der Waals surface area contributed by atoms with Crippen molar-refractivity contribution >= 4 is 5.91 Å². The lowest BCUT2D eigenvalue weighted by atomic mass is 10.1. The monoisotopic (exact) mass is 205 g/mol. The highest BCUT2D eigenvalue weighted by atomic mass is 16.3. The second-order valence-corrected chi connectivity index (χ2v) is 4.15. The van der Waals surface area contributed by atoms with Crippen molar-refractivity contribution in [2.75, 3.05) is 6.54 Å². The van der Waals surface area contributed by atoms with E-state index in [4.69, 9.17) is 0 Å². The van der Waals surface area contributed by atoms with E-state index in [-0.39, 0.29) is 11.7 Å². The van der Waals surface area contributed by atoms with Crippen molar-refractivity contribution < 1.29 is 9.90 Å². The molecule has 1 fully saturated rings. The molecule has 1 aromatic carbocycles. The summed E-state index contributed by atoms with van der Waals surface area (Å²) in [6.45, 7) is 2.56. The van der Waals surface area contributed by atoms with Gasteiger partial charge < -0.3 is 10.4 Å². The van der Waals surface area contributed by atoms with Crippen LogP contribution >= 0.6 is 0 Å². The Hall–Kier alpha value is -1.51. The first kappa shape index (κ1) is 10.0. The quantitative estimate of drug-likeness (QED) is 0.791. The lowest BCUT2D eigenvalue weighted by Gasteiger charge is -2.05. The number of amides is 1. The number of hydrogen-bond donors (Lipinski definition) is 2. The van der Waals surface area contributed by atoms with Crippen molar-refractivity contribution in [3.05, 3.63) is 29.3 Å². The molecule has 0 saturated heterocycles. The molecule has 0 heterocycles. The molecular formula is C12H15NO2. The summed E-state index contributed by atoms with van der Waals surface area (Å²) in [6.07, 6.45) is 2.46. The molecule has 3 nitrogen and oxygen atoms in total. The molecule has 0 atom stereocenters. The van der Waals surface area contributed by atoms with Crippen LogP contribution in [-0.2, 0) is 0 Å².